The van der Waals surface area contributed by atoms with Gasteiger partial charge >= 0.3 is 0 Å². The minimum absolute atomic E-state index is 0.106. The molecular formula is C18H37NO. The summed E-state index contributed by atoms with van der Waals surface area (Å²) in [4.78, 5) is 2.66. The lowest BCUT2D eigenvalue weighted by Gasteiger charge is -2.52. The van der Waals surface area contributed by atoms with Crippen LogP contribution in [0.2, 0.25) is 0 Å². The molecule has 1 aliphatic carbocycles. The van der Waals surface area contributed by atoms with Crippen molar-refractivity contribution in [2.45, 2.75) is 98.3 Å². The van der Waals surface area contributed by atoms with Crippen molar-refractivity contribution in [2.24, 2.45) is 11.3 Å². The third-order valence-corrected chi connectivity index (χ3v) is 5.43. The number of nitrogens with zero attached hydrogens (tertiary/aromatic N) is 1. The first-order valence-corrected chi connectivity index (χ1v) is 8.58. The average molecular weight is 283 g/mol. The highest BCUT2D eigenvalue weighted by molar-refractivity contribution is 4.96. The summed E-state index contributed by atoms with van der Waals surface area (Å²) >= 11 is 0. The molecule has 0 bridgehead atoms. The second-order valence-corrected chi connectivity index (χ2v) is 8.35. The van der Waals surface area contributed by atoms with Gasteiger partial charge in [0.15, 0.2) is 0 Å². The molecule has 3 unspecified atom stereocenters. The van der Waals surface area contributed by atoms with Crippen molar-refractivity contribution in [3.63, 3.8) is 0 Å². The van der Waals surface area contributed by atoms with Crippen molar-refractivity contribution in [2.75, 3.05) is 6.54 Å². The predicted octanol–water partition coefficient (Wildman–Crippen LogP) is 4.46. The first-order chi connectivity index (χ1) is 9.13. The predicted molar refractivity (Wildman–Crippen MR) is 88.0 cm³/mol. The van der Waals surface area contributed by atoms with Crippen molar-refractivity contribution in [3.8, 4) is 0 Å². The molecule has 1 saturated carbocycles. The van der Waals surface area contributed by atoms with Crippen LogP contribution in [0, 0.1) is 11.3 Å². The Morgan fingerprint density at radius 1 is 1.05 bits per heavy atom. The summed E-state index contributed by atoms with van der Waals surface area (Å²) in [7, 11) is 0. The molecule has 2 heteroatoms. The van der Waals surface area contributed by atoms with Crippen LogP contribution in [0.25, 0.3) is 0 Å². The van der Waals surface area contributed by atoms with Gasteiger partial charge in [-0.3, -0.25) is 4.90 Å². The van der Waals surface area contributed by atoms with Gasteiger partial charge in [-0.2, -0.15) is 0 Å². The zero-order valence-electron chi connectivity index (χ0n) is 14.9. The minimum Gasteiger partial charge on any atom is -0.393 e. The second-order valence-electron chi connectivity index (χ2n) is 8.35. The van der Waals surface area contributed by atoms with Crippen molar-refractivity contribution in [1.29, 1.82) is 0 Å². The van der Waals surface area contributed by atoms with E-state index in [1.54, 1.807) is 0 Å². The molecule has 20 heavy (non-hydrogen) atoms. The van der Waals surface area contributed by atoms with Gasteiger partial charge in [-0.05, 0) is 64.3 Å². The van der Waals surface area contributed by atoms with E-state index in [1.165, 1.54) is 19.3 Å². The summed E-state index contributed by atoms with van der Waals surface area (Å²) in [6.07, 6.45) is 5.39. The van der Waals surface area contributed by atoms with Crippen LogP contribution in [-0.4, -0.2) is 34.2 Å². The molecule has 1 fully saturated rings. The molecule has 2 nitrogen and oxygen atoms in total. The lowest BCUT2D eigenvalue weighted by atomic mass is 9.65. The van der Waals surface area contributed by atoms with Gasteiger partial charge in [0.05, 0.1) is 6.10 Å². The van der Waals surface area contributed by atoms with Gasteiger partial charge in [-0.1, -0.05) is 34.1 Å². The van der Waals surface area contributed by atoms with E-state index in [1.807, 2.05) is 0 Å². The van der Waals surface area contributed by atoms with Gasteiger partial charge in [0, 0.05) is 11.6 Å². The second kappa shape index (κ2) is 6.79. The Morgan fingerprint density at radius 3 is 2.10 bits per heavy atom. The standard InChI is InChI=1S/C18H37NO/c1-8-12-19(17(3,4)5)16-13-14(20)10-11-15(16)18(6,7)9-2/h14-16,20H,8-13H2,1-7H3. The first kappa shape index (κ1) is 18.0. The molecule has 0 aromatic rings. The number of aliphatic hydroxyl groups excluding tert-OH is 1. The Labute approximate surface area is 126 Å². The highest BCUT2D eigenvalue weighted by Crippen LogP contribution is 2.44. The molecule has 0 spiro atoms. The Hall–Kier alpha value is -0.0800. The fourth-order valence-corrected chi connectivity index (χ4v) is 3.88. The summed E-state index contributed by atoms with van der Waals surface area (Å²) < 4.78 is 0. The minimum atomic E-state index is -0.106. The average Bonchev–Trinajstić information content (AvgIpc) is 2.34. The Morgan fingerprint density at radius 2 is 1.65 bits per heavy atom. The van der Waals surface area contributed by atoms with Gasteiger partial charge in [-0.15, -0.1) is 0 Å². The van der Waals surface area contributed by atoms with Crippen LogP contribution < -0.4 is 0 Å². The van der Waals surface area contributed by atoms with E-state index in [2.05, 4.69) is 53.4 Å². The Kier molecular flexibility index (Phi) is 6.10. The van der Waals surface area contributed by atoms with E-state index < -0.39 is 0 Å². The van der Waals surface area contributed by atoms with Crippen LogP contribution in [0.5, 0.6) is 0 Å². The first-order valence-electron chi connectivity index (χ1n) is 8.58. The zero-order chi connectivity index (χ0) is 15.6. The molecule has 3 atom stereocenters. The van der Waals surface area contributed by atoms with Crippen LogP contribution in [0.4, 0.5) is 0 Å². The van der Waals surface area contributed by atoms with Crippen LogP contribution in [-0.2, 0) is 0 Å². The molecule has 120 valence electrons. The summed E-state index contributed by atoms with van der Waals surface area (Å²) in [5.74, 6) is 0.696. The number of aliphatic hydroxyl groups is 1. The molecule has 0 heterocycles. The Balaban J connectivity index is 3.04. The van der Waals surface area contributed by atoms with Crippen molar-refractivity contribution in [1.82, 2.24) is 4.90 Å². The molecule has 0 aliphatic heterocycles. The molecule has 0 aromatic carbocycles. The molecule has 1 rings (SSSR count). The number of hydrogen-bond donors (Lipinski definition) is 1. The van der Waals surface area contributed by atoms with Crippen LogP contribution >= 0.6 is 0 Å². The van der Waals surface area contributed by atoms with E-state index in [0.717, 1.165) is 19.4 Å². The summed E-state index contributed by atoms with van der Waals surface area (Å²) in [6.45, 7) is 17.5. The quantitative estimate of drug-likeness (QED) is 0.805. The fourth-order valence-electron chi connectivity index (χ4n) is 3.88. The van der Waals surface area contributed by atoms with E-state index >= 15 is 0 Å². The fraction of sp³-hybridized carbons (Fsp3) is 1.00. The largest absolute Gasteiger partial charge is 0.393 e. The van der Waals surface area contributed by atoms with Gasteiger partial charge in [0.1, 0.15) is 0 Å². The molecule has 0 saturated heterocycles. The lowest BCUT2D eigenvalue weighted by Crippen LogP contribution is -2.56. The number of hydrogen-bond acceptors (Lipinski definition) is 2. The van der Waals surface area contributed by atoms with Crippen molar-refractivity contribution >= 4 is 0 Å². The van der Waals surface area contributed by atoms with Crippen LogP contribution in [0.3, 0.4) is 0 Å². The van der Waals surface area contributed by atoms with E-state index in [-0.39, 0.29) is 11.6 Å². The number of rotatable bonds is 5. The van der Waals surface area contributed by atoms with Crippen molar-refractivity contribution in [3.05, 3.63) is 0 Å². The van der Waals surface area contributed by atoms with Gasteiger partial charge in [0.2, 0.25) is 0 Å². The molecular weight excluding hydrogens is 246 g/mol. The molecule has 0 aromatic heterocycles. The third-order valence-electron chi connectivity index (χ3n) is 5.43. The topological polar surface area (TPSA) is 23.5 Å². The molecule has 0 radical (unpaired) electrons. The van der Waals surface area contributed by atoms with E-state index in [0.29, 0.717) is 17.4 Å². The maximum absolute atomic E-state index is 10.2. The maximum Gasteiger partial charge on any atom is 0.0555 e. The van der Waals surface area contributed by atoms with E-state index in [4.69, 9.17) is 0 Å². The summed E-state index contributed by atoms with van der Waals surface area (Å²) in [5.41, 5.74) is 0.544. The van der Waals surface area contributed by atoms with Crippen molar-refractivity contribution < 1.29 is 5.11 Å². The van der Waals surface area contributed by atoms with Crippen LogP contribution in [0.15, 0.2) is 0 Å². The molecule has 1 aliphatic rings. The van der Waals surface area contributed by atoms with Gasteiger partial charge in [-0.25, -0.2) is 0 Å². The maximum atomic E-state index is 10.2. The zero-order valence-corrected chi connectivity index (χ0v) is 14.9. The smallest absolute Gasteiger partial charge is 0.0555 e. The third kappa shape index (κ3) is 4.21. The normalized spacial score (nSPS) is 28.9. The monoisotopic (exact) mass is 283 g/mol. The SMILES string of the molecule is CCCN(C1CC(O)CCC1C(C)(C)CC)C(C)(C)C. The summed E-state index contributed by atoms with van der Waals surface area (Å²) in [6, 6.07) is 0.522. The Bertz CT molecular complexity index is 290. The highest BCUT2D eigenvalue weighted by atomic mass is 16.3. The van der Waals surface area contributed by atoms with Gasteiger partial charge in [0.25, 0.3) is 0 Å². The van der Waals surface area contributed by atoms with Crippen LogP contribution in [0.1, 0.15) is 80.6 Å². The molecule has 1 N–H and O–H groups in total. The van der Waals surface area contributed by atoms with Gasteiger partial charge < -0.3 is 5.11 Å². The lowest BCUT2D eigenvalue weighted by molar-refractivity contribution is -0.0504. The van der Waals surface area contributed by atoms with E-state index in [9.17, 15) is 5.11 Å². The molecule has 0 amide bonds. The summed E-state index contributed by atoms with van der Waals surface area (Å²) in [5, 5.41) is 10.2. The highest BCUT2D eigenvalue weighted by Gasteiger charge is 2.43.